The summed E-state index contributed by atoms with van der Waals surface area (Å²) < 4.78 is 1.71. The molecule has 0 aliphatic heterocycles. The maximum absolute atomic E-state index is 12.3. The van der Waals surface area contributed by atoms with E-state index in [1.54, 1.807) is 10.6 Å². The smallest absolute Gasteiger partial charge is 0.251 e. The van der Waals surface area contributed by atoms with Gasteiger partial charge in [0.25, 0.3) is 5.56 Å². The first kappa shape index (κ1) is 12.2. The highest BCUT2D eigenvalue weighted by Crippen LogP contribution is 2.30. The summed E-state index contributed by atoms with van der Waals surface area (Å²) in [5, 5.41) is 6.59. The average Bonchev–Trinajstić information content (AvgIpc) is 2.49. The Balaban J connectivity index is 2.56. The Labute approximate surface area is 121 Å². The minimum atomic E-state index is 0.0228. The lowest BCUT2D eigenvalue weighted by molar-refractivity contribution is 0.909. The van der Waals surface area contributed by atoms with Crippen molar-refractivity contribution in [1.82, 2.24) is 4.57 Å². The topological polar surface area (TPSA) is 22.0 Å². The van der Waals surface area contributed by atoms with Gasteiger partial charge < -0.3 is 4.57 Å². The number of benzene rings is 3. The van der Waals surface area contributed by atoms with Gasteiger partial charge in [-0.2, -0.15) is 0 Å². The molecule has 21 heavy (non-hydrogen) atoms. The summed E-state index contributed by atoms with van der Waals surface area (Å²) in [7, 11) is 1.82. The summed E-state index contributed by atoms with van der Waals surface area (Å²) in [5.74, 6) is 0. The van der Waals surface area contributed by atoms with Crippen LogP contribution in [0.4, 0.5) is 0 Å². The van der Waals surface area contributed by atoms with E-state index in [9.17, 15) is 4.79 Å². The van der Waals surface area contributed by atoms with Crippen LogP contribution in [0.15, 0.2) is 47.3 Å². The number of nitrogens with zero attached hydrogens (tertiary/aromatic N) is 1. The van der Waals surface area contributed by atoms with Crippen LogP contribution in [0, 0.1) is 6.92 Å². The first-order valence-electron chi connectivity index (χ1n) is 7.02. The maximum Gasteiger partial charge on any atom is 0.251 e. The van der Waals surface area contributed by atoms with Crippen LogP contribution in [0.25, 0.3) is 39.0 Å². The molecule has 0 radical (unpaired) electrons. The summed E-state index contributed by atoms with van der Waals surface area (Å²) in [4.78, 5) is 12.3. The van der Waals surface area contributed by atoms with Gasteiger partial charge in [0.1, 0.15) is 0 Å². The lowest BCUT2D eigenvalue weighted by Crippen LogP contribution is -2.17. The predicted molar refractivity (Wildman–Crippen MR) is 89.7 cm³/mol. The maximum atomic E-state index is 12.3. The van der Waals surface area contributed by atoms with Crippen molar-refractivity contribution in [2.45, 2.75) is 6.92 Å². The van der Waals surface area contributed by atoms with Crippen molar-refractivity contribution in [3.63, 3.8) is 0 Å². The number of fused-ring (bicyclic) bond motifs is 2. The fraction of sp³-hybridized carbons (Fsp3) is 0.105. The molecule has 0 unspecified atom stereocenters. The fourth-order valence-corrected chi connectivity index (χ4v) is 3.38. The SMILES string of the molecule is C=c1c2ccccc2c2cc(=O)n(C)c3ccc(C)c1c23. The highest BCUT2D eigenvalue weighted by atomic mass is 16.1. The van der Waals surface area contributed by atoms with Gasteiger partial charge in [-0.05, 0) is 45.3 Å². The van der Waals surface area contributed by atoms with E-state index in [0.29, 0.717) is 0 Å². The van der Waals surface area contributed by atoms with E-state index in [1.165, 1.54) is 5.56 Å². The average molecular weight is 273 g/mol. The number of pyridine rings is 1. The van der Waals surface area contributed by atoms with Crippen molar-refractivity contribution < 1.29 is 0 Å². The van der Waals surface area contributed by atoms with Crippen molar-refractivity contribution in [2.24, 2.45) is 7.05 Å². The van der Waals surface area contributed by atoms with Gasteiger partial charge in [0.2, 0.25) is 0 Å². The van der Waals surface area contributed by atoms with Crippen LogP contribution < -0.4 is 10.8 Å². The van der Waals surface area contributed by atoms with Crippen LogP contribution in [-0.2, 0) is 7.05 Å². The standard InChI is InChI=1S/C19H15NO/c1-11-8-9-16-19-15(10-17(21)20(16)3)14-7-5-4-6-13(14)12(2)18(11)19/h4-10H,2H2,1,3H3. The zero-order chi connectivity index (χ0) is 14.7. The lowest BCUT2D eigenvalue weighted by Gasteiger charge is -2.14. The first-order valence-corrected chi connectivity index (χ1v) is 7.02. The zero-order valence-electron chi connectivity index (χ0n) is 12.1. The normalized spacial score (nSPS) is 11.7. The van der Waals surface area contributed by atoms with E-state index in [4.69, 9.17) is 0 Å². The summed E-state index contributed by atoms with van der Waals surface area (Å²) in [6, 6.07) is 14.0. The van der Waals surface area contributed by atoms with Crippen LogP contribution in [0.2, 0.25) is 0 Å². The summed E-state index contributed by atoms with van der Waals surface area (Å²) in [5.41, 5.74) is 2.19. The minimum Gasteiger partial charge on any atom is -0.311 e. The number of hydrogen-bond donors (Lipinski definition) is 0. The molecule has 2 nitrogen and oxygen atoms in total. The van der Waals surface area contributed by atoms with Crippen LogP contribution in [0.3, 0.4) is 0 Å². The molecule has 0 N–H and O–H groups in total. The molecule has 0 atom stereocenters. The number of aryl methyl sites for hydroxylation is 2. The molecule has 3 aromatic carbocycles. The molecule has 0 saturated carbocycles. The van der Waals surface area contributed by atoms with Gasteiger partial charge in [-0.25, -0.2) is 0 Å². The van der Waals surface area contributed by atoms with Crippen LogP contribution in [0.1, 0.15) is 5.56 Å². The van der Waals surface area contributed by atoms with Crippen molar-refractivity contribution in [1.29, 1.82) is 0 Å². The second kappa shape index (κ2) is 3.95. The molecule has 0 saturated heterocycles. The van der Waals surface area contributed by atoms with E-state index in [-0.39, 0.29) is 5.56 Å². The molecular weight excluding hydrogens is 258 g/mol. The second-order valence-electron chi connectivity index (χ2n) is 5.63. The number of rotatable bonds is 0. The molecule has 0 bridgehead atoms. The molecule has 0 aliphatic carbocycles. The highest BCUT2D eigenvalue weighted by molar-refractivity contribution is 6.21. The van der Waals surface area contributed by atoms with E-state index in [2.05, 4.69) is 31.7 Å². The Bertz CT molecular complexity index is 1140. The second-order valence-corrected chi connectivity index (χ2v) is 5.63. The first-order chi connectivity index (χ1) is 10.1. The van der Waals surface area contributed by atoms with Gasteiger partial charge >= 0.3 is 0 Å². The third-order valence-electron chi connectivity index (χ3n) is 4.46. The van der Waals surface area contributed by atoms with Gasteiger partial charge in [0.15, 0.2) is 0 Å². The molecule has 1 heterocycles. The summed E-state index contributed by atoms with van der Waals surface area (Å²) in [6.07, 6.45) is 0. The molecule has 4 rings (SSSR count). The third-order valence-corrected chi connectivity index (χ3v) is 4.46. The Morgan fingerprint density at radius 2 is 1.67 bits per heavy atom. The molecule has 102 valence electrons. The molecule has 0 fully saturated rings. The van der Waals surface area contributed by atoms with Gasteiger partial charge in [-0.15, -0.1) is 0 Å². The van der Waals surface area contributed by atoms with E-state index in [1.807, 2.05) is 25.2 Å². The van der Waals surface area contributed by atoms with Crippen LogP contribution in [0.5, 0.6) is 0 Å². The monoisotopic (exact) mass is 273 g/mol. The Kier molecular flexibility index (Phi) is 2.29. The molecule has 1 aromatic heterocycles. The molecule has 0 amide bonds. The third kappa shape index (κ3) is 1.44. The van der Waals surface area contributed by atoms with Crippen molar-refractivity contribution in [3.8, 4) is 0 Å². The van der Waals surface area contributed by atoms with Gasteiger partial charge in [0, 0.05) is 18.5 Å². The Hall–Kier alpha value is -2.61. The molecule has 4 aromatic rings. The highest BCUT2D eigenvalue weighted by Gasteiger charge is 2.13. The molecule has 0 spiro atoms. The van der Waals surface area contributed by atoms with E-state index >= 15 is 0 Å². The number of aromatic nitrogens is 1. The summed E-state index contributed by atoms with van der Waals surface area (Å²) in [6.45, 7) is 6.41. The van der Waals surface area contributed by atoms with Crippen LogP contribution in [-0.4, -0.2) is 4.57 Å². The minimum absolute atomic E-state index is 0.0228. The zero-order valence-corrected chi connectivity index (χ0v) is 12.1. The Morgan fingerprint density at radius 3 is 2.43 bits per heavy atom. The van der Waals surface area contributed by atoms with E-state index < -0.39 is 0 Å². The number of hydrogen-bond acceptors (Lipinski definition) is 1. The van der Waals surface area contributed by atoms with E-state index in [0.717, 1.165) is 37.7 Å². The quantitative estimate of drug-likeness (QED) is 0.356. The molecular formula is C19H15NO. The van der Waals surface area contributed by atoms with Gasteiger partial charge in [-0.3, -0.25) is 4.79 Å². The fourth-order valence-electron chi connectivity index (χ4n) is 3.38. The van der Waals surface area contributed by atoms with Crippen molar-refractivity contribution in [3.05, 3.63) is 63.6 Å². The van der Waals surface area contributed by atoms with Crippen molar-refractivity contribution >= 4 is 39.0 Å². The predicted octanol–water partition coefficient (Wildman–Crippen LogP) is 3.28. The van der Waals surface area contributed by atoms with Crippen molar-refractivity contribution in [2.75, 3.05) is 0 Å². The molecule has 0 aliphatic rings. The molecule has 2 heteroatoms. The van der Waals surface area contributed by atoms with Gasteiger partial charge in [-0.1, -0.05) is 36.9 Å². The van der Waals surface area contributed by atoms with Gasteiger partial charge in [0.05, 0.1) is 5.52 Å². The lowest BCUT2D eigenvalue weighted by atomic mass is 9.93. The Morgan fingerprint density at radius 1 is 0.952 bits per heavy atom. The largest absolute Gasteiger partial charge is 0.311 e. The van der Waals surface area contributed by atoms with Crippen LogP contribution >= 0.6 is 0 Å². The summed E-state index contributed by atoms with van der Waals surface area (Å²) >= 11 is 0.